The van der Waals surface area contributed by atoms with Crippen molar-refractivity contribution in [1.29, 1.82) is 0 Å². The molecule has 1 unspecified atom stereocenters. The summed E-state index contributed by atoms with van der Waals surface area (Å²) in [5.74, 6) is 1.74. The fourth-order valence-electron chi connectivity index (χ4n) is 2.44. The zero-order chi connectivity index (χ0) is 13.1. The van der Waals surface area contributed by atoms with E-state index in [9.17, 15) is 0 Å². The highest BCUT2D eigenvalue weighted by Crippen LogP contribution is 2.32. The normalized spacial score (nSPS) is 13.4. The molecule has 0 aliphatic rings. The second-order valence-corrected chi connectivity index (χ2v) is 5.37. The van der Waals surface area contributed by atoms with Gasteiger partial charge in [-0.05, 0) is 24.8 Å². The maximum absolute atomic E-state index is 6.37. The number of benzene rings is 1. The zero-order valence-electron chi connectivity index (χ0n) is 11.6. The molecule has 0 fully saturated rings. The highest BCUT2D eigenvalue weighted by molar-refractivity contribution is 5.82. The van der Waals surface area contributed by atoms with Gasteiger partial charge in [0, 0.05) is 23.4 Å². The molecule has 0 radical (unpaired) electrons. The maximum Gasteiger partial charge on any atom is 0.134 e. The largest absolute Gasteiger partial charge is 0.461 e. The van der Waals surface area contributed by atoms with E-state index in [0.29, 0.717) is 5.92 Å². The smallest absolute Gasteiger partial charge is 0.134 e. The molecule has 1 heterocycles. The van der Waals surface area contributed by atoms with Crippen molar-refractivity contribution in [3.05, 3.63) is 35.6 Å². The van der Waals surface area contributed by atoms with Crippen LogP contribution in [0.4, 0.5) is 0 Å². The standard InChI is InChI=1S/C16H23NO/c1-4-14-16(13(17)10-9-11(2)3)12-7-5-6-8-15(12)18-14/h5-8,11,13H,4,9-10,17H2,1-3H3. The number of furan rings is 1. The molecule has 2 rings (SSSR count). The van der Waals surface area contributed by atoms with Crippen molar-refractivity contribution in [3.63, 3.8) is 0 Å². The molecule has 0 amide bonds. The molecule has 0 aliphatic heterocycles. The molecule has 0 aliphatic carbocycles. The molecule has 2 aromatic rings. The van der Waals surface area contributed by atoms with Crippen molar-refractivity contribution in [2.45, 2.75) is 46.1 Å². The van der Waals surface area contributed by atoms with Gasteiger partial charge in [-0.3, -0.25) is 0 Å². The van der Waals surface area contributed by atoms with E-state index in [2.05, 4.69) is 32.9 Å². The number of rotatable bonds is 5. The Labute approximate surface area is 109 Å². The first-order valence-electron chi connectivity index (χ1n) is 6.89. The molecule has 0 saturated heterocycles. The quantitative estimate of drug-likeness (QED) is 0.846. The summed E-state index contributed by atoms with van der Waals surface area (Å²) in [5.41, 5.74) is 8.55. The second kappa shape index (κ2) is 5.57. The van der Waals surface area contributed by atoms with E-state index in [1.807, 2.05) is 12.1 Å². The van der Waals surface area contributed by atoms with Gasteiger partial charge in [-0.1, -0.05) is 39.0 Å². The van der Waals surface area contributed by atoms with E-state index in [1.54, 1.807) is 0 Å². The summed E-state index contributed by atoms with van der Waals surface area (Å²) in [6.45, 7) is 6.60. The van der Waals surface area contributed by atoms with Crippen molar-refractivity contribution in [3.8, 4) is 0 Å². The van der Waals surface area contributed by atoms with Crippen molar-refractivity contribution >= 4 is 11.0 Å². The fraction of sp³-hybridized carbons (Fsp3) is 0.500. The summed E-state index contributed by atoms with van der Waals surface area (Å²) >= 11 is 0. The van der Waals surface area contributed by atoms with Gasteiger partial charge < -0.3 is 10.2 Å². The topological polar surface area (TPSA) is 39.2 Å². The minimum absolute atomic E-state index is 0.0889. The average Bonchev–Trinajstić information content (AvgIpc) is 2.74. The SMILES string of the molecule is CCc1oc2ccccc2c1C(N)CCC(C)C. The number of para-hydroxylation sites is 1. The Hall–Kier alpha value is -1.28. The van der Waals surface area contributed by atoms with Gasteiger partial charge in [-0.25, -0.2) is 0 Å². The summed E-state index contributed by atoms with van der Waals surface area (Å²) in [5, 5.41) is 1.19. The van der Waals surface area contributed by atoms with Crippen LogP contribution < -0.4 is 5.73 Å². The van der Waals surface area contributed by atoms with Crippen LogP contribution in [-0.4, -0.2) is 0 Å². The van der Waals surface area contributed by atoms with Crippen LogP contribution in [0.2, 0.25) is 0 Å². The first-order chi connectivity index (χ1) is 8.63. The molecule has 2 N–H and O–H groups in total. The van der Waals surface area contributed by atoms with Crippen molar-refractivity contribution in [1.82, 2.24) is 0 Å². The van der Waals surface area contributed by atoms with Gasteiger partial charge in [0.05, 0.1) is 0 Å². The highest BCUT2D eigenvalue weighted by Gasteiger charge is 2.18. The molecule has 1 atom stereocenters. The lowest BCUT2D eigenvalue weighted by Gasteiger charge is -2.13. The van der Waals surface area contributed by atoms with Gasteiger partial charge in [0.15, 0.2) is 0 Å². The van der Waals surface area contributed by atoms with Crippen molar-refractivity contribution < 1.29 is 4.42 Å². The molecule has 2 heteroatoms. The van der Waals surface area contributed by atoms with Gasteiger partial charge in [-0.2, -0.15) is 0 Å². The van der Waals surface area contributed by atoms with Crippen LogP contribution >= 0.6 is 0 Å². The zero-order valence-corrected chi connectivity index (χ0v) is 11.6. The molecular formula is C16H23NO. The van der Waals surface area contributed by atoms with E-state index in [-0.39, 0.29) is 6.04 Å². The Morgan fingerprint density at radius 3 is 2.56 bits per heavy atom. The number of nitrogens with two attached hydrogens (primary N) is 1. The van der Waals surface area contributed by atoms with Crippen LogP contribution in [0.1, 0.15) is 51.0 Å². The van der Waals surface area contributed by atoms with Crippen LogP contribution in [0.15, 0.2) is 28.7 Å². The molecule has 0 bridgehead atoms. The molecule has 98 valence electrons. The Kier molecular flexibility index (Phi) is 4.07. The number of aryl methyl sites for hydroxylation is 1. The predicted molar refractivity (Wildman–Crippen MR) is 76.6 cm³/mol. The Morgan fingerprint density at radius 1 is 1.17 bits per heavy atom. The Bertz CT molecular complexity index is 513. The highest BCUT2D eigenvalue weighted by atomic mass is 16.3. The average molecular weight is 245 g/mol. The number of hydrogen-bond donors (Lipinski definition) is 1. The minimum Gasteiger partial charge on any atom is -0.461 e. The number of fused-ring (bicyclic) bond motifs is 1. The Balaban J connectivity index is 2.35. The third kappa shape index (κ3) is 2.59. The van der Waals surface area contributed by atoms with E-state index < -0.39 is 0 Å². The van der Waals surface area contributed by atoms with E-state index in [0.717, 1.165) is 30.6 Å². The molecule has 2 nitrogen and oxygen atoms in total. The molecule has 0 saturated carbocycles. The summed E-state index contributed by atoms with van der Waals surface area (Å²) in [6, 6.07) is 8.28. The molecule has 1 aromatic carbocycles. The molecule has 18 heavy (non-hydrogen) atoms. The van der Waals surface area contributed by atoms with E-state index in [4.69, 9.17) is 10.2 Å². The van der Waals surface area contributed by atoms with Crippen LogP contribution in [0, 0.1) is 5.92 Å². The molecule has 1 aromatic heterocycles. The van der Waals surface area contributed by atoms with Gasteiger partial charge in [-0.15, -0.1) is 0 Å². The summed E-state index contributed by atoms with van der Waals surface area (Å²) in [7, 11) is 0. The third-order valence-corrected chi connectivity index (χ3v) is 3.46. The van der Waals surface area contributed by atoms with E-state index in [1.165, 1.54) is 10.9 Å². The maximum atomic E-state index is 6.37. The van der Waals surface area contributed by atoms with Crippen LogP contribution in [-0.2, 0) is 6.42 Å². The first kappa shape index (κ1) is 13.2. The summed E-state index contributed by atoms with van der Waals surface area (Å²) in [6.07, 6.45) is 3.08. The second-order valence-electron chi connectivity index (χ2n) is 5.37. The number of hydrogen-bond acceptors (Lipinski definition) is 2. The van der Waals surface area contributed by atoms with E-state index >= 15 is 0 Å². The van der Waals surface area contributed by atoms with Crippen LogP contribution in [0.5, 0.6) is 0 Å². The van der Waals surface area contributed by atoms with Gasteiger partial charge >= 0.3 is 0 Å². The lowest BCUT2D eigenvalue weighted by molar-refractivity contribution is 0.492. The van der Waals surface area contributed by atoms with Gasteiger partial charge in [0.2, 0.25) is 0 Å². The Morgan fingerprint density at radius 2 is 1.89 bits per heavy atom. The predicted octanol–water partition coefficient (Wildman–Crippen LogP) is 4.43. The lowest BCUT2D eigenvalue weighted by atomic mass is 9.95. The first-order valence-corrected chi connectivity index (χ1v) is 6.89. The monoisotopic (exact) mass is 245 g/mol. The summed E-state index contributed by atoms with van der Waals surface area (Å²) < 4.78 is 5.90. The minimum atomic E-state index is 0.0889. The molecule has 0 spiro atoms. The van der Waals surface area contributed by atoms with Gasteiger partial charge in [0.1, 0.15) is 11.3 Å². The van der Waals surface area contributed by atoms with Crippen molar-refractivity contribution in [2.24, 2.45) is 11.7 Å². The van der Waals surface area contributed by atoms with Gasteiger partial charge in [0.25, 0.3) is 0 Å². The third-order valence-electron chi connectivity index (χ3n) is 3.46. The van der Waals surface area contributed by atoms with Crippen LogP contribution in [0.25, 0.3) is 11.0 Å². The van der Waals surface area contributed by atoms with Crippen molar-refractivity contribution in [2.75, 3.05) is 0 Å². The lowest BCUT2D eigenvalue weighted by Crippen LogP contribution is -2.12. The fourth-order valence-corrected chi connectivity index (χ4v) is 2.44. The summed E-state index contributed by atoms with van der Waals surface area (Å²) in [4.78, 5) is 0. The van der Waals surface area contributed by atoms with Crippen LogP contribution in [0.3, 0.4) is 0 Å². The molecular weight excluding hydrogens is 222 g/mol.